The third-order valence-corrected chi connectivity index (χ3v) is 3.71. The van der Waals surface area contributed by atoms with E-state index in [1.165, 1.54) is 7.05 Å². The SMILES string of the molecule is CNS(=O)(=O)c1ccc2ccccc2c1.Cl. The molecule has 3 nitrogen and oxygen atoms in total. The quantitative estimate of drug-likeness (QED) is 0.896. The average molecular weight is 258 g/mol. The van der Waals surface area contributed by atoms with Crippen molar-refractivity contribution >= 4 is 33.2 Å². The van der Waals surface area contributed by atoms with Gasteiger partial charge in [0.2, 0.25) is 10.0 Å². The van der Waals surface area contributed by atoms with Crippen LogP contribution in [0.5, 0.6) is 0 Å². The van der Waals surface area contributed by atoms with Gasteiger partial charge in [0.05, 0.1) is 4.90 Å². The summed E-state index contributed by atoms with van der Waals surface area (Å²) in [6, 6.07) is 12.7. The lowest BCUT2D eigenvalue weighted by Gasteiger charge is -2.03. The standard InChI is InChI=1S/C11H11NO2S.ClH/c1-12-15(13,14)11-7-6-9-4-2-3-5-10(9)8-11;/h2-8,12H,1H3;1H. The molecule has 0 amide bonds. The molecule has 5 heteroatoms. The van der Waals surface area contributed by atoms with Crippen LogP contribution in [-0.2, 0) is 10.0 Å². The lowest BCUT2D eigenvalue weighted by Crippen LogP contribution is -2.18. The summed E-state index contributed by atoms with van der Waals surface area (Å²) >= 11 is 0. The van der Waals surface area contributed by atoms with Gasteiger partial charge in [-0.05, 0) is 30.0 Å². The number of rotatable bonds is 2. The fraction of sp³-hybridized carbons (Fsp3) is 0.0909. The van der Waals surface area contributed by atoms with Gasteiger partial charge in [-0.15, -0.1) is 12.4 Å². The molecule has 0 bridgehead atoms. The minimum atomic E-state index is -3.34. The van der Waals surface area contributed by atoms with E-state index in [1.807, 2.05) is 24.3 Å². The molecular formula is C11H12ClNO2S. The molecular weight excluding hydrogens is 246 g/mol. The Hall–Kier alpha value is -1.10. The zero-order valence-corrected chi connectivity index (χ0v) is 10.3. The lowest BCUT2D eigenvalue weighted by molar-refractivity contribution is 0.588. The second-order valence-corrected chi connectivity index (χ2v) is 5.10. The van der Waals surface area contributed by atoms with Crippen molar-refractivity contribution in [3.05, 3.63) is 42.5 Å². The highest BCUT2D eigenvalue weighted by Crippen LogP contribution is 2.18. The van der Waals surface area contributed by atoms with Crippen molar-refractivity contribution in [1.82, 2.24) is 4.72 Å². The molecule has 0 saturated carbocycles. The molecule has 16 heavy (non-hydrogen) atoms. The number of hydrogen-bond acceptors (Lipinski definition) is 2. The number of hydrogen-bond donors (Lipinski definition) is 1. The van der Waals surface area contributed by atoms with Crippen molar-refractivity contribution < 1.29 is 8.42 Å². The zero-order valence-electron chi connectivity index (χ0n) is 8.67. The first-order chi connectivity index (χ1) is 7.13. The van der Waals surface area contributed by atoms with E-state index in [0.29, 0.717) is 4.90 Å². The summed E-state index contributed by atoms with van der Waals surface area (Å²) in [5, 5.41) is 1.96. The maximum Gasteiger partial charge on any atom is 0.240 e. The van der Waals surface area contributed by atoms with Crippen LogP contribution in [0.3, 0.4) is 0 Å². The Balaban J connectivity index is 0.00000128. The fourth-order valence-electron chi connectivity index (χ4n) is 1.45. The van der Waals surface area contributed by atoms with Gasteiger partial charge in [-0.2, -0.15) is 0 Å². The molecule has 2 rings (SSSR count). The number of halogens is 1. The Labute approximate surface area is 101 Å². The molecule has 1 N–H and O–H groups in total. The van der Waals surface area contributed by atoms with Crippen LogP contribution in [0.4, 0.5) is 0 Å². The van der Waals surface area contributed by atoms with Crippen LogP contribution >= 0.6 is 12.4 Å². The van der Waals surface area contributed by atoms with Gasteiger partial charge in [0.15, 0.2) is 0 Å². The van der Waals surface area contributed by atoms with E-state index < -0.39 is 10.0 Å². The first-order valence-electron chi connectivity index (χ1n) is 4.56. The first kappa shape index (κ1) is 13.0. The predicted octanol–water partition coefficient (Wildman–Crippen LogP) is 2.17. The highest BCUT2D eigenvalue weighted by atomic mass is 35.5. The maximum atomic E-state index is 11.5. The summed E-state index contributed by atoms with van der Waals surface area (Å²) < 4.78 is 25.4. The van der Waals surface area contributed by atoms with Crippen LogP contribution in [0.1, 0.15) is 0 Å². The van der Waals surface area contributed by atoms with Crippen LogP contribution < -0.4 is 4.72 Å². The van der Waals surface area contributed by atoms with Crippen LogP contribution in [-0.4, -0.2) is 15.5 Å². The fourth-order valence-corrected chi connectivity index (χ4v) is 2.22. The molecule has 0 atom stereocenters. The van der Waals surface area contributed by atoms with E-state index in [0.717, 1.165) is 10.8 Å². The van der Waals surface area contributed by atoms with E-state index in [2.05, 4.69) is 4.72 Å². The Bertz CT molecular complexity index is 596. The molecule has 86 valence electrons. The molecule has 0 unspecified atom stereocenters. The van der Waals surface area contributed by atoms with Gasteiger partial charge < -0.3 is 0 Å². The van der Waals surface area contributed by atoms with Crippen LogP contribution in [0.15, 0.2) is 47.4 Å². The largest absolute Gasteiger partial charge is 0.240 e. The van der Waals surface area contributed by atoms with Gasteiger partial charge in [-0.25, -0.2) is 13.1 Å². The third-order valence-electron chi connectivity index (χ3n) is 2.30. The van der Waals surface area contributed by atoms with Crippen molar-refractivity contribution in [2.45, 2.75) is 4.90 Å². The monoisotopic (exact) mass is 257 g/mol. The zero-order chi connectivity index (χ0) is 10.9. The number of benzene rings is 2. The molecule has 0 aliphatic rings. The topological polar surface area (TPSA) is 46.2 Å². The lowest BCUT2D eigenvalue weighted by atomic mass is 10.1. The summed E-state index contributed by atoms with van der Waals surface area (Å²) in [7, 11) is -1.93. The number of nitrogens with one attached hydrogen (secondary N) is 1. The number of sulfonamides is 1. The van der Waals surface area contributed by atoms with Crippen LogP contribution in [0.25, 0.3) is 10.8 Å². The highest BCUT2D eigenvalue weighted by Gasteiger charge is 2.10. The Morgan fingerprint density at radius 3 is 2.25 bits per heavy atom. The first-order valence-corrected chi connectivity index (χ1v) is 6.04. The molecule has 0 aliphatic carbocycles. The van der Waals surface area contributed by atoms with Gasteiger partial charge in [0.25, 0.3) is 0 Å². The Kier molecular flexibility index (Phi) is 3.91. The second-order valence-electron chi connectivity index (χ2n) is 3.22. The summed E-state index contributed by atoms with van der Waals surface area (Å²) in [6.45, 7) is 0. The summed E-state index contributed by atoms with van der Waals surface area (Å²) in [4.78, 5) is 0.295. The molecule has 2 aromatic rings. The van der Waals surface area contributed by atoms with Gasteiger partial charge >= 0.3 is 0 Å². The molecule has 2 aromatic carbocycles. The second kappa shape index (κ2) is 4.82. The summed E-state index contributed by atoms with van der Waals surface area (Å²) in [6.07, 6.45) is 0. The maximum absolute atomic E-state index is 11.5. The van der Waals surface area contributed by atoms with E-state index in [9.17, 15) is 8.42 Å². The van der Waals surface area contributed by atoms with Crippen molar-refractivity contribution in [3.63, 3.8) is 0 Å². The van der Waals surface area contributed by atoms with Crippen molar-refractivity contribution in [3.8, 4) is 0 Å². The normalized spacial score (nSPS) is 11.1. The van der Waals surface area contributed by atoms with E-state index >= 15 is 0 Å². The summed E-state index contributed by atoms with van der Waals surface area (Å²) in [5.74, 6) is 0. The Morgan fingerprint density at radius 2 is 1.62 bits per heavy atom. The number of fused-ring (bicyclic) bond motifs is 1. The molecule has 0 aliphatic heterocycles. The molecule has 0 saturated heterocycles. The summed E-state index contributed by atoms with van der Waals surface area (Å²) in [5.41, 5.74) is 0. The average Bonchev–Trinajstić information content (AvgIpc) is 2.28. The smallest absolute Gasteiger partial charge is 0.214 e. The van der Waals surface area contributed by atoms with Gasteiger partial charge in [-0.3, -0.25) is 0 Å². The molecule has 0 fully saturated rings. The highest BCUT2D eigenvalue weighted by molar-refractivity contribution is 7.89. The van der Waals surface area contributed by atoms with Gasteiger partial charge in [0.1, 0.15) is 0 Å². The van der Waals surface area contributed by atoms with Gasteiger partial charge in [-0.1, -0.05) is 30.3 Å². The minimum Gasteiger partial charge on any atom is -0.214 e. The third kappa shape index (κ3) is 2.35. The molecule has 0 spiro atoms. The predicted molar refractivity (Wildman–Crippen MR) is 67.4 cm³/mol. The van der Waals surface area contributed by atoms with E-state index in [-0.39, 0.29) is 12.4 Å². The van der Waals surface area contributed by atoms with E-state index in [4.69, 9.17) is 0 Å². The molecule has 0 radical (unpaired) electrons. The van der Waals surface area contributed by atoms with Crippen molar-refractivity contribution in [2.24, 2.45) is 0 Å². The Morgan fingerprint density at radius 1 is 1.00 bits per heavy atom. The van der Waals surface area contributed by atoms with Crippen LogP contribution in [0.2, 0.25) is 0 Å². The van der Waals surface area contributed by atoms with Crippen molar-refractivity contribution in [2.75, 3.05) is 7.05 Å². The minimum absolute atomic E-state index is 0. The van der Waals surface area contributed by atoms with Crippen molar-refractivity contribution in [1.29, 1.82) is 0 Å². The molecule has 0 aromatic heterocycles. The molecule has 0 heterocycles. The van der Waals surface area contributed by atoms with Gasteiger partial charge in [0, 0.05) is 0 Å². The van der Waals surface area contributed by atoms with Crippen LogP contribution in [0, 0.1) is 0 Å². The van der Waals surface area contributed by atoms with E-state index in [1.54, 1.807) is 18.2 Å².